The van der Waals surface area contributed by atoms with Gasteiger partial charge in [0.1, 0.15) is 18.0 Å². The van der Waals surface area contributed by atoms with Gasteiger partial charge >= 0.3 is 0 Å². The van der Waals surface area contributed by atoms with Crippen molar-refractivity contribution >= 4 is 11.6 Å². The van der Waals surface area contributed by atoms with E-state index in [4.69, 9.17) is 0 Å². The first-order chi connectivity index (χ1) is 9.17. The third-order valence-electron chi connectivity index (χ3n) is 4.07. The maximum absolute atomic E-state index is 4.58. The number of nitrogens with one attached hydrogen (secondary N) is 1. The lowest BCUT2D eigenvalue weighted by molar-refractivity contribution is 0.375. The van der Waals surface area contributed by atoms with Gasteiger partial charge in [-0.25, -0.2) is 9.97 Å². The highest BCUT2D eigenvalue weighted by Gasteiger charge is 2.26. The van der Waals surface area contributed by atoms with E-state index in [0.29, 0.717) is 6.04 Å². The van der Waals surface area contributed by atoms with Crippen molar-refractivity contribution in [2.45, 2.75) is 52.5 Å². The van der Waals surface area contributed by atoms with Crippen LogP contribution in [-0.2, 0) is 6.42 Å². The molecule has 0 aromatic carbocycles. The van der Waals surface area contributed by atoms with Gasteiger partial charge in [0.2, 0.25) is 0 Å². The van der Waals surface area contributed by atoms with Crippen LogP contribution in [0.1, 0.15) is 45.6 Å². The second-order valence-corrected chi connectivity index (χ2v) is 5.70. The molecule has 1 saturated heterocycles. The smallest absolute Gasteiger partial charge is 0.137 e. The minimum atomic E-state index is 0.568. The van der Waals surface area contributed by atoms with Crippen LogP contribution in [-0.4, -0.2) is 29.6 Å². The fraction of sp³-hybridized carbons (Fsp3) is 0.733. The summed E-state index contributed by atoms with van der Waals surface area (Å²) in [6.45, 7) is 7.98. The molecule has 1 aliphatic rings. The molecule has 19 heavy (non-hydrogen) atoms. The van der Waals surface area contributed by atoms with E-state index in [1.165, 1.54) is 18.4 Å². The van der Waals surface area contributed by atoms with Crippen LogP contribution in [0, 0.1) is 5.92 Å². The molecular formula is C15H26N4. The quantitative estimate of drug-likeness (QED) is 0.905. The third kappa shape index (κ3) is 2.99. The summed E-state index contributed by atoms with van der Waals surface area (Å²) >= 11 is 0. The summed E-state index contributed by atoms with van der Waals surface area (Å²) in [4.78, 5) is 11.4. The van der Waals surface area contributed by atoms with Crippen LogP contribution < -0.4 is 10.2 Å². The van der Waals surface area contributed by atoms with E-state index in [9.17, 15) is 0 Å². The first-order valence-electron chi connectivity index (χ1n) is 7.45. The average molecular weight is 262 g/mol. The normalized spacial score (nSPS) is 23.5. The number of hydrogen-bond acceptors (Lipinski definition) is 4. The Balaban J connectivity index is 2.32. The number of aromatic nitrogens is 2. The van der Waals surface area contributed by atoms with Crippen molar-refractivity contribution in [2.24, 2.45) is 5.92 Å². The Morgan fingerprint density at radius 1 is 1.37 bits per heavy atom. The van der Waals surface area contributed by atoms with Gasteiger partial charge in [-0.2, -0.15) is 0 Å². The zero-order valence-corrected chi connectivity index (χ0v) is 12.6. The highest BCUT2D eigenvalue weighted by molar-refractivity contribution is 5.59. The van der Waals surface area contributed by atoms with E-state index in [1.807, 2.05) is 7.05 Å². The second kappa shape index (κ2) is 6.22. The van der Waals surface area contributed by atoms with Gasteiger partial charge in [0.25, 0.3) is 0 Å². The Morgan fingerprint density at radius 3 is 2.79 bits per heavy atom. The van der Waals surface area contributed by atoms with Gasteiger partial charge in [-0.05, 0) is 32.1 Å². The molecule has 106 valence electrons. The summed E-state index contributed by atoms with van der Waals surface area (Å²) < 4.78 is 0. The topological polar surface area (TPSA) is 41.1 Å². The molecule has 1 aliphatic heterocycles. The van der Waals surface area contributed by atoms with Crippen LogP contribution in [0.3, 0.4) is 0 Å². The second-order valence-electron chi connectivity index (χ2n) is 5.70. The third-order valence-corrected chi connectivity index (χ3v) is 4.07. The van der Waals surface area contributed by atoms with Crippen LogP contribution in [0.4, 0.5) is 11.6 Å². The molecule has 1 N–H and O–H groups in total. The van der Waals surface area contributed by atoms with Crippen LogP contribution in [0.2, 0.25) is 0 Å². The van der Waals surface area contributed by atoms with E-state index < -0.39 is 0 Å². The Bertz CT molecular complexity index is 419. The van der Waals surface area contributed by atoms with Gasteiger partial charge in [0.15, 0.2) is 0 Å². The van der Waals surface area contributed by atoms with Crippen LogP contribution in [0.5, 0.6) is 0 Å². The van der Waals surface area contributed by atoms with Gasteiger partial charge < -0.3 is 10.2 Å². The maximum atomic E-state index is 4.58. The summed E-state index contributed by atoms with van der Waals surface area (Å²) in [7, 11) is 1.94. The minimum absolute atomic E-state index is 0.568. The van der Waals surface area contributed by atoms with E-state index in [0.717, 1.165) is 36.9 Å². The van der Waals surface area contributed by atoms with Gasteiger partial charge in [-0.15, -0.1) is 0 Å². The van der Waals surface area contributed by atoms with E-state index in [1.54, 1.807) is 6.33 Å². The lowest BCUT2D eigenvalue weighted by atomic mass is 9.93. The largest absolute Gasteiger partial charge is 0.373 e. The van der Waals surface area contributed by atoms with Gasteiger partial charge in [-0.3, -0.25) is 0 Å². The number of nitrogens with zero attached hydrogens (tertiary/aromatic N) is 3. The summed E-state index contributed by atoms with van der Waals surface area (Å²) in [5.41, 5.74) is 1.27. The van der Waals surface area contributed by atoms with E-state index in [2.05, 4.69) is 41.0 Å². The average Bonchev–Trinajstić information content (AvgIpc) is 2.40. The number of anilines is 2. The number of rotatable bonds is 4. The molecule has 4 nitrogen and oxygen atoms in total. The molecule has 2 atom stereocenters. The van der Waals surface area contributed by atoms with Crippen molar-refractivity contribution in [3.8, 4) is 0 Å². The molecule has 0 radical (unpaired) electrons. The molecule has 1 fully saturated rings. The highest BCUT2D eigenvalue weighted by atomic mass is 15.2. The van der Waals surface area contributed by atoms with Gasteiger partial charge in [-0.1, -0.05) is 20.3 Å². The number of hydrogen-bond donors (Lipinski definition) is 1. The molecule has 2 heterocycles. The first-order valence-corrected chi connectivity index (χ1v) is 7.45. The summed E-state index contributed by atoms with van der Waals surface area (Å²) in [5, 5.41) is 3.21. The first kappa shape index (κ1) is 14.1. The van der Waals surface area contributed by atoms with Crippen molar-refractivity contribution in [1.29, 1.82) is 0 Å². The molecule has 0 aliphatic carbocycles. The molecule has 0 saturated carbocycles. The van der Waals surface area contributed by atoms with Crippen molar-refractivity contribution in [3.05, 3.63) is 11.9 Å². The van der Waals surface area contributed by atoms with Gasteiger partial charge in [0.05, 0.1) is 0 Å². The highest BCUT2D eigenvalue weighted by Crippen LogP contribution is 2.31. The van der Waals surface area contributed by atoms with Crippen molar-refractivity contribution in [3.63, 3.8) is 0 Å². The fourth-order valence-corrected chi connectivity index (χ4v) is 3.07. The standard InChI is InChI=1S/C15H26N4/c1-5-6-13-14(16-4)17-10-18-15(13)19-8-7-11(2)9-12(19)3/h10-12H,5-9H2,1-4H3,(H,16,17,18). The van der Waals surface area contributed by atoms with Gasteiger partial charge in [0, 0.05) is 25.2 Å². The Labute approximate surface area is 116 Å². The van der Waals surface area contributed by atoms with Crippen molar-refractivity contribution < 1.29 is 0 Å². The lowest BCUT2D eigenvalue weighted by Crippen LogP contribution is -2.41. The molecule has 2 unspecified atom stereocenters. The lowest BCUT2D eigenvalue weighted by Gasteiger charge is -2.38. The predicted octanol–water partition coefficient (Wildman–Crippen LogP) is 3.10. The Hall–Kier alpha value is -1.32. The number of piperidine rings is 1. The molecule has 1 aromatic heterocycles. The zero-order valence-electron chi connectivity index (χ0n) is 12.6. The summed E-state index contributed by atoms with van der Waals surface area (Å²) in [6.07, 6.45) is 6.35. The van der Waals surface area contributed by atoms with Crippen LogP contribution >= 0.6 is 0 Å². The van der Waals surface area contributed by atoms with E-state index >= 15 is 0 Å². The molecule has 0 bridgehead atoms. The molecule has 1 aromatic rings. The predicted molar refractivity (Wildman–Crippen MR) is 80.8 cm³/mol. The fourth-order valence-electron chi connectivity index (χ4n) is 3.07. The molecular weight excluding hydrogens is 236 g/mol. The zero-order chi connectivity index (χ0) is 13.8. The SMILES string of the molecule is CCCc1c(NC)ncnc1N1CCC(C)CC1C. The Morgan fingerprint density at radius 2 is 2.16 bits per heavy atom. The summed E-state index contributed by atoms with van der Waals surface area (Å²) in [6, 6.07) is 0.568. The van der Waals surface area contributed by atoms with Crippen LogP contribution in [0.25, 0.3) is 0 Å². The minimum Gasteiger partial charge on any atom is -0.373 e. The maximum Gasteiger partial charge on any atom is 0.137 e. The molecule has 2 rings (SSSR count). The summed E-state index contributed by atoms with van der Waals surface area (Å²) in [5.74, 6) is 2.95. The van der Waals surface area contributed by atoms with Crippen molar-refractivity contribution in [2.75, 3.05) is 23.8 Å². The van der Waals surface area contributed by atoms with E-state index in [-0.39, 0.29) is 0 Å². The Kier molecular flexibility index (Phi) is 4.61. The van der Waals surface area contributed by atoms with Crippen LogP contribution in [0.15, 0.2) is 6.33 Å². The monoisotopic (exact) mass is 262 g/mol. The van der Waals surface area contributed by atoms with Crippen molar-refractivity contribution in [1.82, 2.24) is 9.97 Å². The molecule has 4 heteroatoms. The molecule has 0 amide bonds. The molecule has 0 spiro atoms.